The molecule has 4 nitrogen and oxygen atoms in total. The SMILES string of the molecule is Cc1c(Cc2ccccc2)/c(=N/O)oc2cc3c(cc12)CCC1(CCCCC1)O3. The van der Waals surface area contributed by atoms with Gasteiger partial charge in [-0.25, -0.2) is 0 Å². The highest BCUT2D eigenvalue weighted by Crippen LogP contribution is 2.43. The lowest BCUT2D eigenvalue weighted by Crippen LogP contribution is -2.41. The monoisotopic (exact) mass is 389 g/mol. The van der Waals surface area contributed by atoms with E-state index in [1.165, 1.54) is 24.8 Å². The fourth-order valence-electron chi connectivity index (χ4n) is 5.05. The molecule has 2 aliphatic rings. The Morgan fingerprint density at radius 3 is 2.59 bits per heavy atom. The van der Waals surface area contributed by atoms with Gasteiger partial charge in [0.05, 0.1) is 0 Å². The van der Waals surface area contributed by atoms with Gasteiger partial charge in [-0.3, -0.25) is 0 Å². The van der Waals surface area contributed by atoms with Crippen LogP contribution in [-0.2, 0) is 12.8 Å². The summed E-state index contributed by atoms with van der Waals surface area (Å²) in [5, 5.41) is 14.2. The average Bonchev–Trinajstić information content (AvgIpc) is 2.76. The van der Waals surface area contributed by atoms with Crippen LogP contribution in [0.25, 0.3) is 11.0 Å². The smallest absolute Gasteiger partial charge is 0.259 e. The number of aryl methyl sites for hydroxylation is 2. The van der Waals surface area contributed by atoms with Crippen LogP contribution in [0, 0.1) is 6.92 Å². The Balaban J connectivity index is 1.59. The summed E-state index contributed by atoms with van der Waals surface area (Å²) in [5.74, 6) is 0.938. The second-order valence-corrected chi connectivity index (χ2v) is 8.57. The van der Waals surface area contributed by atoms with Gasteiger partial charge in [-0.1, -0.05) is 36.8 Å². The first-order valence-electron chi connectivity index (χ1n) is 10.7. The van der Waals surface area contributed by atoms with E-state index in [1.807, 2.05) is 24.3 Å². The first-order chi connectivity index (χ1) is 14.2. The maximum Gasteiger partial charge on any atom is 0.259 e. The number of nitrogens with zero attached hydrogens (tertiary/aromatic N) is 1. The Hall–Kier alpha value is -2.75. The highest BCUT2D eigenvalue weighted by molar-refractivity contribution is 5.84. The molecule has 1 fully saturated rings. The van der Waals surface area contributed by atoms with E-state index in [1.54, 1.807) is 0 Å². The van der Waals surface area contributed by atoms with Gasteiger partial charge >= 0.3 is 0 Å². The van der Waals surface area contributed by atoms with Crippen LogP contribution < -0.4 is 10.3 Å². The number of hydrogen-bond acceptors (Lipinski definition) is 4. The molecule has 0 unspecified atom stereocenters. The lowest BCUT2D eigenvalue weighted by molar-refractivity contribution is 0.0109. The van der Waals surface area contributed by atoms with Crippen LogP contribution in [0.2, 0.25) is 0 Å². The fourth-order valence-corrected chi connectivity index (χ4v) is 5.05. The van der Waals surface area contributed by atoms with Gasteiger partial charge in [0.2, 0.25) is 0 Å². The second kappa shape index (κ2) is 7.25. The quantitative estimate of drug-likeness (QED) is 0.455. The molecule has 1 aliphatic heterocycles. The van der Waals surface area contributed by atoms with Crippen molar-refractivity contribution in [3.63, 3.8) is 0 Å². The fraction of sp³-hybridized carbons (Fsp3) is 0.400. The summed E-state index contributed by atoms with van der Waals surface area (Å²) in [6.07, 6.45) is 8.93. The van der Waals surface area contributed by atoms with Crippen molar-refractivity contribution in [2.75, 3.05) is 0 Å². The standard InChI is InChI=1S/C25H27NO3/c1-17-20-15-19-10-13-25(11-6-3-7-12-25)29-22(19)16-23(20)28-24(26-27)21(17)14-18-8-4-2-5-9-18/h2,4-5,8-9,15-16,27H,3,6-7,10-14H2,1H3/b26-24-. The van der Waals surface area contributed by atoms with Crippen molar-refractivity contribution >= 4 is 11.0 Å². The summed E-state index contributed by atoms with van der Waals surface area (Å²) in [6.45, 7) is 2.09. The van der Waals surface area contributed by atoms with Crippen molar-refractivity contribution in [2.24, 2.45) is 5.16 Å². The van der Waals surface area contributed by atoms with Crippen LogP contribution >= 0.6 is 0 Å². The van der Waals surface area contributed by atoms with Gasteiger partial charge in [-0.05, 0) is 73.4 Å². The first kappa shape index (κ1) is 18.3. The van der Waals surface area contributed by atoms with Crippen molar-refractivity contribution in [3.8, 4) is 5.75 Å². The Kier molecular flexibility index (Phi) is 4.57. The number of rotatable bonds is 2. The Bertz CT molecular complexity index is 1110. The second-order valence-electron chi connectivity index (χ2n) is 8.57. The summed E-state index contributed by atoms with van der Waals surface area (Å²) in [5.41, 5.74) is 5.45. The van der Waals surface area contributed by atoms with Crippen molar-refractivity contribution in [1.82, 2.24) is 0 Å². The molecule has 3 aromatic rings. The first-order valence-corrected chi connectivity index (χ1v) is 10.7. The Labute approximate surface area is 170 Å². The van der Waals surface area contributed by atoms with Gasteiger partial charge in [-0.2, -0.15) is 0 Å². The van der Waals surface area contributed by atoms with Gasteiger partial charge in [0.25, 0.3) is 5.55 Å². The molecule has 1 saturated carbocycles. The van der Waals surface area contributed by atoms with Crippen molar-refractivity contribution in [1.29, 1.82) is 0 Å². The lowest BCUT2D eigenvalue weighted by atomic mass is 9.79. The number of benzene rings is 2. The zero-order valence-corrected chi connectivity index (χ0v) is 16.9. The van der Waals surface area contributed by atoms with Crippen LogP contribution in [0.3, 0.4) is 0 Å². The van der Waals surface area contributed by atoms with E-state index >= 15 is 0 Å². The van der Waals surface area contributed by atoms with Gasteiger partial charge < -0.3 is 14.4 Å². The van der Waals surface area contributed by atoms with E-state index in [9.17, 15) is 5.21 Å². The van der Waals surface area contributed by atoms with Crippen LogP contribution in [0.5, 0.6) is 5.75 Å². The molecule has 0 radical (unpaired) electrons. The normalized spacial score (nSPS) is 18.6. The zero-order chi connectivity index (χ0) is 19.8. The van der Waals surface area contributed by atoms with E-state index in [2.05, 4.69) is 30.3 Å². The zero-order valence-electron chi connectivity index (χ0n) is 16.9. The molecular formula is C25H27NO3. The molecule has 29 heavy (non-hydrogen) atoms. The van der Waals surface area contributed by atoms with Crippen molar-refractivity contribution in [3.05, 3.63) is 70.3 Å². The minimum Gasteiger partial charge on any atom is -0.487 e. The molecule has 0 saturated heterocycles. The Morgan fingerprint density at radius 2 is 1.83 bits per heavy atom. The molecule has 2 aromatic carbocycles. The van der Waals surface area contributed by atoms with Gasteiger partial charge in [0.15, 0.2) is 0 Å². The third-order valence-corrected chi connectivity index (χ3v) is 6.74. The summed E-state index contributed by atoms with van der Waals surface area (Å²) >= 11 is 0. The van der Waals surface area contributed by atoms with Crippen molar-refractivity contribution in [2.45, 2.75) is 63.9 Å². The summed E-state index contributed by atoms with van der Waals surface area (Å²) in [4.78, 5) is 0. The number of ether oxygens (including phenoxy) is 1. The van der Waals surface area contributed by atoms with Gasteiger partial charge in [-0.15, -0.1) is 0 Å². The molecular weight excluding hydrogens is 362 g/mol. The molecule has 2 heterocycles. The van der Waals surface area contributed by atoms with E-state index < -0.39 is 0 Å². The molecule has 0 atom stereocenters. The molecule has 1 N–H and O–H groups in total. The highest BCUT2D eigenvalue weighted by atomic mass is 16.5. The molecule has 1 spiro atoms. The van der Waals surface area contributed by atoms with Crippen LogP contribution in [-0.4, -0.2) is 10.8 Å². The third kappa shape index (κ3) is 3.31. The predicted molar refractivity (Wildman–Crippen MR) is 112 cm³/mol. The topological polar surface area (TPSA) is 55.0 Å². The molecule has 1 aliphatic carbocycles. The maximum absolute atomic E-state index is 9.62. The van der Waals surface area contributed by atoms with Crippen LogP contribution in [0.1, 0.15) is 60.8 Å². The molecule has 0 amide bonds. The molecule has 0 bridgehead atoms. The summed E-state index contributed by atoms with van der Waals surface area (Å²) < 4.78 is 12.6. The molecule has 5 rings (SSSR count). The number of fused-ring (bicyclic) bond motifs is 2. The van der Waals surface area contributed by atoms with Crippen LogP contribution in [0.4, 0.5) is 0 Å². The van der Waals surface area contributed by atoms with Crippen LogP contribution in [0.15, 0.2) is 52.0 Å². The van der Waals surface area contributed by atoms with Crippen molar-refractivity contribution < 1.29 is 14.4 Å². The average molecular weight is 389 g/mol. The molecule has 150 valence electrons. The van der Waals surface area contributed by atoms with E-state index in [-0.39, 0.29) is 11.2 Å². The largest absolute Gasteiger partial charge is 0.487 e. The lowest BCUT2D eigenvalue weighted by Gasteiger charge is -2.41. The minimum atomic E-state index is 0.00536. The molecule has 4 heteroatoms. The Morgan fingerprint density at radius 1 is 1.03 bits per heavy atom. The third-order valence-electron chi connectivity index (χ3n) is 6.74. The highest BCUT2D eigenvalue weighted by Gasteiger charge is 2.37. The minimum absolute atomic E-state index is 0.00536. The van der Waals surface area contributed by atoms with Gasteiger partial charge in [0.1, 0.15) is 16.9 Å². The van der Waals surface area contributed by atoms with E-state index in [0.29, 0.717) is 6.42 Å². The van der Waals surface area contributed by atoms with Gasteiger partial charge in [0, 0.05) is 23.4 Å². The maximum atomic E-state index is 9.62. The molecule has 1 aromatic heterocycles. The summed E-state index contributed by atoms with van der Waals surface area (Å²) in [6, 6.07) is 14.4. The number of hydrogen-bond donors (Lipinski definition) is 1. The predicted octanol–water partition coefficient (Wildman–Crippen LogP) is 5.65. The van der Waals surface area contributed by atoms with E-state index in [0.717, 1.165) is 59.1 Å². The summed E-state index contributed by atoms with van der Waals surface area (Å²) in [7, 11) is 0. The van der Waals surface area contributed by atoms with E-state index in [4.69, 9.17) is 9.15 Å².